The van der Waals surface area contributed by atoms with Gasteiger partial charge in [0, 0.05) is 6.20 Å². The van der Waals surface area contributed by atoms with Crippen LogP contribution in [0.15, 0.2) is 10.7 Å². The summed E-state index contributed by atoms with van der Waals surface area (Å²) in [5.74, 6) is 0.189. The Hall–Kier alpha value is -0.420. The van der Waals surface area contributed by atoms with Gasteiger partial charge >= 0.3 is 0 Å². The SMILES string of the molecule is COc1ncc(C(F)F)c(Cl)c1Br. The summed E-state index contributed by atoms with van der Waals surface area (Å²) >= 11 is 8.63. The number of ether oxygens (including phenoxy) is 1. The Balaban J connectivity index is 3.23. The maximum atomic E-state index is 12.3. The van der Waals surface area contributed by atoms with Gasteiger partial charge in [0.1, 0.15) is 0 Å². The molecule has 0 unspecified atom stereocenters. The molecule has 0 saturated heterocycles. The van der Waals surface area contributed by atoms with E-state index >= 15 is 0 Å². The second kappa shape index (κ2) is 4.19. The molecule has 0 atom stereocenters. The number of hydrogen-bond donors (Lipinski definition) is 0. The first-order valence-corrected chi connectivity index (χ1v) is 4.41. The average molecular weight is 272 g/mol. The maximum Gasteiger partial charge on any atom is 0.266 e. The van der Waals surface area contributed by atoms with E-state index in [1.165, 1.54) is 7.11 Å². The molecule has 0 aliphatic heterocycles. The summed E-state index contributed by atoms with van der Waals surface area (Å²) in [5.41, 5.74) is -0.311. The van der Waals surface area contributed by atoms with Crippen molar-refractivity contribution >= 4 is 27.5 Å². The number of hydrogen-bond acceptors (Lipinski definition) is 2. The lowest BCUT2D eigenvalue weighted by Gasteiger charge is -2.07. The zero-order valence-corrected chi connectivity index (χ0v) is 8.86. The smallest absolute Gasteiger partial charge is 0.266 e. The fourth-order valence-corrected chi connectivity index (χ4v) is 1.46. The molecule has 0 aromatic carbocycles. The Morgan fingerprint density at radius 2 is 2.23 bits per heavy atom. The number of methoxy groups -OCH3 is 1. The van der Waals surface area contributed by atoms with Crippen molar-refractivity contribution in [3.8, 4) is 5.88 Å². The minimum absolute atomic E-state index is 0.0677. The van der Waals surface area contributed by atoms with Crippen LogP contribution in [-0.4, -0.2) is 12.1 Å². The molecule has 1 heterocycles. The largest absolute Gasteiger partial charge is 0.480 e. The number of pyridine rings is 1. The minimum atomic E-state index is -2.64. The van der Waals surface area contributed by atoms with Crippen LogP contribution < -0.4 is 4.74 Å². The molecule has 72 valence electrons. The van der Waals surface area contributed by atoms with Crippen LogP contribution in [0.4, 0.5) is 8.78 Å². The van der Waals surface area contributed by atoms with E-state index in [9.17, 15) is 8.78 Å². The van der Waals surface area contributed by atoms with Gasteiger partial charge in [-0.25, -0.2) is 13.8 Å². The van der Waals surface area contributed by atoms with Crippen LogP contribution in [0.3, 0.4) is 0 Å². The molecule has 0 aliphatic carbocycles. The van der Waals surface area contributed by atoms with E-state index in [1.54, 1.807) is 0 Å². The molecule has 0 saturated carbocycles. The van der Waals surface area contributed by atoms with Crippen molar-refractivity contribution in [2.24, 2.45) is 0 Å². The van der Waals surface area contributed by atoms with Crippen molar-refractivity contribution in [2.75, 3.05) is 7.11 Å². The lowest BCUT2D eigenvalue weighted by molar-refractivity contribution is 0.151. The number of rotatable bonds is 2. The summed E-state index contributed by atoms with van der Waals surface area (Å²) in [4.78, 5) is 3.65. The highest BCUT2D eigenvalue weighted by molar-refractivity contribution is 9.10. The quantitative estimate of drug-likeness (QED) is 0.823. The second-order valence-corrected chi connectivity index (χ2v) is 3.32. The van der Waals surface area contributed by atoms with E-state index in [1.807, 2.05) is 0 Å². The highest BCUT2D eigenvalue weighted by Gasteiger charge is 2.17. The minimum Gasteiger partial charge on any atom is -0.480 e. The highest BCUT2D eigenvalue weighted by Crippen LogP contribution is 2.36. The maximum absolute atomic E-state index is 12.3. The summed E-state index contributed by atoms with van der Waals surface area (Å²) in [7, 11) is 1.38. The van der Waals surface area contributed by atoms with Gasteiger partial charge in [0.25, 0.3) is 6.43 Å². The third kappa shape index (κ3) is 2.08. The van der Waals surface area contributed by atoms with E-state index in [0.717, 1.165) is 6.20 Å². The van der Waals surface area contributed by atoms with Crippen LogP contribution >= 0.6 is 27.5 Å². The van der Waals surface area contributed by atoms with Crippen molar-refractivity contribution in [3.63, 3.8) is 0 Å². The summed E-state index contributed by atoms with van der Waals surface area (Å²) < 4.78 is 29.5. The van der Waals surface area contributed by atoms with Crippen molar-refractivity contribution < 1.29 is 13.5 Å². The van der Waals surface area contributed by atoms with E-state index in [0.29, 0.717) is 0 Å². The van der Waals surface area contributed by atoms with Crippen LogP contribution in [0.2, 0.25) is 5.02 Å². The predicted molar refractivity (Wildman–Crippen MR) is 48.5 cm³/mol. The second-order valence-electron chi connectivity index (χ2n) is 2.15. The zero-order chi connectivity index (χ0) is 10.0. The fraction of sp³-hybridized carbons (Fsp3) is 0.286. The first-order valence-electron chi connectivity index (χ1n) is 3.24. The van der Waals surface area contributed by atoms with Crippen LogP contribution in [0.25, 0.3) is 0 Å². The molecule has 1 aromatic rings. The Morgan fingerprint density at radius 1 is 1.62 bits per heavy atom. The Kier molecular flexibility index (Phi) is 3.44. The number of aromatic nitrogens is 1. The van der Waals surface area contributed by atoms with E-state index < -0.39 is 6.43 Å². The Morgan fingerprint density at radius 3 is 2.69 bits per heavy atom. The van der Waals surface area contributed by atoms with Gasteiger partial charge in [-0.15, -0.1) is 0 Å². The molecule has 13 heavy (non-hydrogen) atoms. The van der Waals surface area contributed by atoms with Crippen LogP contribution in [-0.2, 0) is 0 Å². The molecule has 1 rings (SSSR count). The summed E-state index contributed by atoms with van der Waals surface area (Å²) in [6, 6.07) is 0. The van der Waals surface area contributed by atoms with E-state index in [-0.39, 0.29) is 20.9 Å². The van der Waals surface area contributed by atoms with Gasteiger partial charge in [-0.1, -0.05) is 11.6 Å². The molecule has 0 spiro atoms. The molecule has 0 fully saturated rings. The molecule has 0 radical (unpaired) electrons. The first-order chi connectivity index (χ1) is 6.07. The molecule has 0 aliphatic rings. The Labute approximate surface area is 87.0 Å². The number of nitrogens with zero attached hydrogens (tertiary/aromatic N) is 1. The molecule has 0 bridgehead atoms. The fourth-order valence-electron chi connectivity index (χ4n) is 0.757. The van der Waals surface area contributed by atoms with E-state index in [4.69, 9.17) is 16.3 Å². The molecule has 6 heteroatoms. The predicted octanol–water partition coefficient (Wildman–Crippen LogP) is 3.44. The van der Waals surface area contributed by atoms with Gasteiger partial charge in [0.2, 0.25) is 5.88 Å². The van der Waals surface area contributed by atoms with Crippen molar-refractivity contribution in [2.45, 2.75) is 6.43 Å². The zero-order valence-electron chi connectivity index (χ0n) is 6.52. The van der Waals surface area contributed by atoms with Gasteiger partial charge in [0.15, 0.2) is 0 Å². The standard InChI is InChI=1S/C7H5BrClF2NO/c1-13-7-4(8)5(9)3(2-12-7)6(10)11/h2,6H,1H3. The van der Waals surface area contributed by atoms with Crippen LogP contribution in [0, 0.1) is 0 Å². The van der Waals surface area contributed by atoms with Gasteiger partial charge in [-0.3, -0.25) is 0 Å². The summed E-state index contributed by atoms with van der Waals surface area (Å²) in [5, 5.41) is -0.0677. The molecule has 1 aromatic heterocycles. The lowest BCUT2D eigenvalue weighted by atomic mass is 10.3. The highest BCUT2D eigenvalue weighted by atomic mass is 79.9. The monoisotopic (exact) mass is 271 g/mol. The Bertz CT molecular complexity index is 322. The number of alkyl halides is 2. The molecule has 0 amide bonds. The van der Waals surface area contributed by atoms with Gasteiger partial charge in [-0.2, -0.15) is 0 Å². The first kappa shape index (κ1) is 10.7. The third-order valence-corrected chi connectivity index (χ3v) is 2.75. The molecule has 2 nitrogen and oxygen atoms in total. The van der Waals surface area contributed by atoms with Crippen LogP contribution in [0.5, 0.6) is 5.88 Å². The third-order valence-electron chi connectivity index (χ3n) is 1.38. The van der Waals surface area contributed by atoms with Crippen molar-refractivity contribution in [3.05, 3.63) is 21.3 Å². The van der Waals surface area contributed by atoms with Crippen molar-refractivity contribution in [1.29, 1.82) is 0 Å². The lowest BCUT2D eigenvalue weighted by Crippen LogP contribution is -1.94. The summed E-state index contributed by atoms with van der Waals surface area (Å²) in [6.45, 7) is 0. The van der Waals surface area contributed by atoms with Gasteiger partial charge in [-0.05, 0) is 15.9 Å². The average Bonchev–Trinajstić information content (AvgIpc) is 2.09. The van der Waals surface area contributed by atoms with Crippen LogP contribution in [0.1, 0.15) is 12.0 Å². The molecular formula is C7H5BrClF2NO. The van der Waals surface area contributed by atoms with Gasteiger partial charge < -0.3 is 4.74 Å². The van der Waals surface area contributed by atoms with Crippen molar-refractivity contribution in [1.82, 2.24) is 4.98 Å². The number of halogens is 4. The molecular weight excluding hydrogens is 267 g/mol. The van der Waals surface area contributed by atoms with Gasteiger partial charge in [0.05, 0.1) is 22.2 Å². The normalized spacial score (nSPS) is 10.6. The summed E-state index contributed by atoms with van der Waals surface area (Å²) in [6.07, 6.45) is -1.64. The molecule has 0 N–H and O–H groups in total. The van der Waals surface area contributed by atoms with E-state index in [2.05, 4.69) is 20.9 Å². The topological polar surface area (TPSA) is 22.1 Å².